The van der Waals surface area contributed by atoms with E-state index in [1.807, 2.05) is 31.2 Å². The molecule has 0 saturated heterocycles. The molecule has 0 radical (unpaired) electrons. The molecule has 0 bridgehead atoms. The van der Waals surface area contributed by atoms with E-state index in [0.717, 1.165) is 11.1 Å². The molecule has 0 saturated carbocycles. The van der Waals surface area contributed by atoms with Gasteiger partial charge in [0, 0.05) is 18.0 Å². The standard InChI is InChI=1S/C20H25N3O5/c1-12(2)22-20(26)23-19(25)14(4)27-18(24)10-9-17-21-11-16(28-17)15-7-5-13(3)6-8-15/h5-8,11-12,14H,9-10H2,1-4H3,(H2,22,23,25,26). The molecule has 0 aliphatic heterocycles. The number of hydrogen-bond acceptors (Lipinski definition) is 6. The van der Waals surface area contributed by atoms with Crippen LogP contribution >= 0.6 is 0 Å². The number of hydrogen-bond donors (Lipinski definition) is 2. The van der Waals surface area contributed by atoms with Crippen LogP contribution < -0.4 is 10.6 Å². The fourth-order valence-corrected chi connectivity index (χ4v) is 2.31. The van der Waals surface area contributed by atoms with E-state index in [0.29, 0.717) is 11.7 Å². The molecule has 1 aromatic carbocycles. The van der Waals surface area contributed by atoms with Gasteiger partial charge in [-0.25, -0.2) is 9.78 Å². The van der Waals surface area contributed by atoms with Gasteiger partial charge in [0.2, 0.25) is 0 Å². The minimum Gasteiger partial charge on any atom is -0.453 e. The molecule has 0 fully saturated rings. The number of aryl methyl sites for hydroxylation is 2. The van der Waals surface area contributed by atoms with E-state index in [9.17, 15) is 14.4 Å². The summed E-state index contributed by atoms with van der Waals surface area (Å²) in [6.07, 6.45) is 0.767. The summed E-state index contributed by atoms with van der Waals surface area (Å²) in [5.74, 6) is -0.250. The lowest BCUT2D eigenvalue weighted by molar-refractivity contribution is -0.154. The van der Waals surface area contributed by atoms with Crippen molar-refractivity contribution in [3.05, 3.63) is 41.9 Å². The molecule has 1 aromatic heterocycles. The van der Waals surface area contributed by atoms with Crippen LogP contribution in [0.5, 0.6) is 0 Å². The zero-order valence-electron chi connectivity index (χ0n) is 16.4. The Bertz CT molecular complexity index is 827. The highest BCUT2D eigenvalue weighted by Crippen LogP contribution is 2.21. The SMILES string of the molecule is Cc1ccc(-c2cnc(CCC(=O)OC(C)C(=O)NC(=O)NC(C)C)o2)cc1. The Kier molecular flexibility index (Phi) is 7.31. The lowest BCUT2D eigenvalue weighted by Gasteiger charge is -2.14. The number of carbonyl (C=O) groups is 3. The van der Waals surface area contributed by atoms with Crippen molar-refractivity contribution in [2.45, 2.75) is 52.7 Å². The molecule has 0 aliphatic carbocycles. The number of rotatable bonds is 7. The topological polar surface area (TPSA) is 111 Å². The lowest BCUT2D eigenvalue weighted by atomic mass is 10.1. The first kappa shape index (κ1) is 21.1. The Morgan fingerprint density at radius 3 is 2.46 bits per heavy atom. The van der Waals surface area contributed by atoms with Gasteiger partial charge < -0.3 is 14.5 Å². The largest absolute Gasteiger partial charge is 0.453 e. The van der Waals surface area contributed by atoms with Crippen molar-refractivity contribution in [1.29, 1.82) is 0 Å². The quantitative estimate of drug-likeness (QED) is 0.707. The third-order valence-electron chi connectivity index (χ3n) is 3.77. The van der Waals surface area contributed by atoms with Crippen molar-refractivity contribution in [1.82, 2.24) is 15.6 Å². The zero-order valence-corrected chi connectivity index (χ0v) is 16.4. The third-order valence-corrected chi connectivity index (χ3v) is 3.77. The van der Waals surface area contributed by atoms with Crippen LogP contribution in [-0.2, 0) is 20.7 Å². The monoisotopic (exact) mass is 387 g/mol. The summed E-state index contributed by atoms with van der Waals surface area (Å²) >= 11 is 0. The zero-order chi connectivity index (χ0) is 20.7. The molecule has 8 heteroatoms. The fraction of sp³-hybridized carbons (Fsp3) is 0.400. The Morgan fingerprint density at radius 2 is 1.82 bits per heavy atom. The second kappa shape index (κ2) is 9.68. The van der Waals surface area contributed by atoms with Gasteiger partial charge in [-0.3, -0.25) is 14.9 Å². The minimum absolute atomic E-state index is 0.00363. The van der Waals surface area contributed by atoms with Gasteiger partial charge in [-0.2, -0.15) is 0 Å². The van der Waals surface area contributed by atoms with E-state index in [1.54, 1.807) is 20.0 Å². The number of carbonyl (C=O) groups excluding carboxylic acids is 3. The van der Waals surface area contributed by atoms with Crippen LogP contribution in [0.2, 0.25) is 0 Å². The van der Waals surface area contributed by atoms with Crippen molar-refractivity contribution < 1.29 is 23.5 Å². The van der Waals surface area contributed by atoms with Crippen LogP contribution in [0.1, 0.15) is 38.6 Å². The number of urea groups is 1. The Morgan fingerprint density at radius 1 is 1.14 bits per heavy atom. The van der Waals surface area contributed by atoms with Crippen molar-refractivity contribution >= 4 is 17.9 Å². The Labute approximate surface area is 163 Å². The number of ether oxygens (including phenoxy) is 1. The van der Waals surface area contributed by atoms with Crippen LogP contribution in [0, 0.1) is 6.92 Å². The molecule has 0 aliphatic rings. The van der Waals surface area contributed by atoms with Gasteiger partial charge in [-0.1, -0.05) is 29.8 Å². The van der Waals surface area contributed by atoms with E-state index >= 15 is 0 Å². The number of benzene rings is 1. The highest BCUT2D eigenvalue weighted by Gasteiger charge is 2.20. The van der Waals surface area contributed by atoms with Gasteiger partial charge in [-0.15, -0.1) is 0 Å². The maximum Gasteiger partial charge on any atom is 0.321 e. The number of amides is 3. The van der Waals surface area contributed by atoms with Crippen LogP contribution in [-0.4, -0.2) is 35.0 Å². The molecule has 150 valence electrons. The summed E-state index contributed by atoms with van der Waals surface area (Å²) in [4.78, 5) is 39.4. The third kappa shape index (κ3) is 6.53. The molecule has 1 atom stereocenters. The second-order valence-corrected chi connectivity index (χ2v) is 6.73. The van der Waals surface area contributed by atoms with Crippen molar-refractivity contribution in [2.75, 3.05) is 0 Å². The molecule has 8 nitrogen and oxygen atoms in total. The molecule has 28 heavy (non-hydrogen) atoms. The van der Waals surface area contributed by atoms with Crippen LogP contribution in [0.15, 0.2) is 34.9 Å². The fourth-order valence-electron chi connectivity index (χ4n) is 2.31. The summed E-state index contributed by atoms with van der Waals surface area (Å²) in [5, 5.41) is 4.63. The first-order valence-corrected chi connectivity index (χ1v) is 9.07. The predicted octanol–water partition coefficient (Wildman–Crippen LogP) is 2.75. The van der Waals surface area contributed by atoms with Gasteiger partial charge in [0.1, 0.15) is 0 Å². The van der Waals surface area contributed by atoms with Gasteiger partial charge in [-0.05, 0) is 27.7 Å². The highest BCUT2D eigenvalue weighted by atomic mass is 16.5. The van der Waals surface area contributed by atoms with E-state index < -0.39 is 24.0 Å². The molecular weight excluding hydrogens is 362 g/mol. The van der Waals surface area contributed by atoms with Gasteiger partial charge in [0.25, 0.3) is 5.91 Å². The maximum absolute atomic E-state index is 11.9. The molecular formula is C20H25N3O5. The predicted molar refractivity (Wildman–Crippen MR) is 102 cm³/mol. The molecule has 1 unspecified atom stereocenters. The number of nitrogens with zero attached hydrogens (tertiary/aromatic N) is 1. The van der Waals surface area contributed by atoms with E-state index in [1.165, 1.54) is 6.92 Å². The van der Waals surface area contributed by atoms with E-state index in [2.05, 4.69) is 15.6 Å². The highest BCUT2D eigenvalue weighted by molar-refractivity contribution is 5.97. The summed E-state index contributed by atoms with van der Waals surface area (Å²) in [6.45, 7) is 6.93. The number of esters is 1. The maximum atomic E-state index is 11.9. The lowest BCUT2D eigenvalue weighted by Crippen LogP contribution is -2.46. The van der Waals surface area contributed by atoms with E-state index in [4.69, 9.17) is 9.15 Å². The number of nitrogens with one attached hydrogen (secondary N) is 2. The van der Waals surface area contributed by atoms with Gasteiger partial charge in [0.15, 0.2) is 17.8 Å². The van der Waals surface area contributed by atoms with Crippen LogP contribution in [0.25, 0.3) is 11.3 Å². The second-order valence-electron chi connectivity index (χ2n) is 6.73. The summed E-state index contributed by atoms with van der Waals surface area (Å²) < 4.78 is 10.7. The average Bonchev–Trinajstić information content (AvgIpc) is 3.08. The molecule has 0 spiro atoms. The molecule has 2 aromatic rings. The summed E-state index contributed by atoms with van der Waals surface area (Å²) in [7, 11) is 0. The van der Waals surface area contributed by atoms with Crippen molar-refractivity contribution in [3.8, 4) is 11.3 Å². The van der Waals surface area contributed by atoms with E-state index in [-0.39, 0.29) is 18.9 Å². The minimum atomic E-state index is -1.09. The smallest absolute Gasteiger partial charge is 0.321 e. The van der Waals surface area contributed by atoms with Gasteiger partial charge in [0.05, 0.1) is 12.6 Å². The number of imide groups is 1. The summed E-state index contributed by atoms with van der Waals surface area (Å²) in [5.41, 5.74) is 2.04. The van der Waals surface area contributed by atoms with Crippen molar-refractivity contribution in [2.24, 2.45) is 0 Å². The normalized spacial score (nSPS) is 11.8. The number of oxazole rings is 1. The molecule has 2 N–H and O–H groups in total. The summed E-state index contributed by atoms with van der Waals surface area (Å²) in [6, 6.07) is 7.07. The Balaban J connectivity index is 1.80. The first-order chi connectivity index (χ1) is 13.2. The molecule has 3 amide bonds. The molecule has 2 rings (SSSR count). The van der Waals surface area contributed by atoms with Crippen LogP contribution in [0.3, 0.4) is 0 Å². The Hall–Kier alpha value is -3.16. The molecule has 1 heterocycles. The van der Waals surface area contributed by atoms with Gasteiger partial charge >= 0.3 is 12.0 Å². The average molecular weight is 387 g/mol. The van der Waals surface area contributed by atoms with Crippen molar-refractivity contribution in [3.63, 3.8) is 0 Å². The van der Waals surface area contributed by atoms with Crippen LogP contribution in [0.4, 0.5) is 4.79 Å². The first-order valence-electron chi connectivity index (χ1n) is 9.07. The number of aromatic nitrogens is 1.